The lowest BCUT2D eigenvalue weighted by molar-refractivity contribution is -0.126. The number of nitrogens with one attached hydrogen (secondary N) is 2. The van der Waals surface area contributed by atoms with Gasteiger partial charge in [0, 0.05) is 10.2 Å². The Kier molecular flexibility index (Phi) is 4.96. The quantitative estimate of drug-likeness (QED) is 0.382. The topological polar surface area (TPSA) is 70.7 Å². The molecule has 4 atom stereocenters. The van der Waals surface area contributed by atoms with Crippen LogP contribution in [-0.2, 0) is 14.3 Å². The number of amides is 2. The third kappa shape index (κ3) is 3.39. The van der Waals surface area contributed by atoms with Gasteiger partial charge >= 0.3 is 0 Å². The monoisotopic (exact) mass is 497 g/mol. The number of thiocarbonyl (C=S) groups is 1. The molecule has 158 valence electrons. The van der Waals surface area contributed by atoms with Gasteiger partial charge in [0.2, 0.25) is 11.8 Å². The van der Waals surface area contributed by atoms with Crippen LogP contribution >= 0.6 is 28.1 Å². The number of nitrogens with zero attached hydrogens (tertiary/aromatic N) is 1. The van der Waals surface area contributed by atoms with Gasteiger partial charge < -0.3 is 15.4 Å². The van der Waals surface area contributed by atoms with Crippen molar-refractivity contribution < 1.29 is 14.3 Å². The van der Waals surface area contributed by atoms with E-state index in [-0.39, 0.29) is 11.8 Å². The Labute approximate surface area is 193 Å². The van der Waals surface area contributed by atoms with Crippen LogP contribution in [-0.4, -0.2) is 35.2 Å². The van der Waals surface area contributed by atoms with Crippen molar-refractivity contribution in [3.05, 3.63) is 70.7 Å². The van der Waals surface area contributed by atoms with Crippen molar-refractivity contribution in [3.8, 4) is 0 Å². The molecular formula is C23H20BrN3O3S. The minimum absolute atomic E-state index is 0.203. The van der Waals surface area contributed by atoms with Crippen LogP contribution in [0.1, 0.15) is 5.56 Å². The number of anilines is 2. The number of aryl methyl sites for hydroxylation is 1. The van der Waals surface area contributed by atoms with Crippen LogP contribution in [0.25, 0.3) is 0 Å². The number of benzene rings is 2. The molecule has 6 nitrogen and oxygen atoms in total. The van der Waals surface area contributed by atoms with Gasteiger partial charge in [-0.2, -0.15) is 0 Å². The van der Waals surface area contributed by atoms with Gasteiger partial charge in [-0.05, 0) is 55.5 Å². The second-order valence-corrected chi connectivity index (χ2v) is 9.39. The molecule has 31 heavy (non-hydrogen) atoms. The van der Waals surface area contributed by atoms with Crippen LogP contribution in [0.3, 0.4) is 0 Å². The number of rotatable bonds is 4. The maximum absolute atomic E-state index is 13.4. The predicted molar refractivity (Wildman–Crippen MR) is 126 cm³/mol. The van der Waals surface area contributed by atoms with Crippen LogP contribution in [0.5, 0.6) is 0 Å². The number of fused-ring (bicyclic) bond motifs is 5. The second kappa shape index (κ2) is 7.55. The van der Waals surface area contributed by atoms with E-state index in [1.165, 1.54) is 4.90 Å². The van der Waals surface area contributed by atoms with E-state index in [9.17, 15) is 9.59 Å². The molecule has 2 N–H and O–H groups in total. The Morgan fingerprint density at radius 3 is 2.55 bits per heavy atom. The number of carbonyl (C=O) groups excluding carboxylic acids is 2. The minimum Gasteiger partial charge on any atom is -0.360 e. The van der Waals surface area contributed by atoms with Crippen molar-refractivity contribution in [1.29, 1.82) is 0 Å². The lowest BCUT2D eigenvalue weighted by atomic mass is 9.77. The van der Waals surface area contributed by atoms with Crippen LogP contribution in [0.4, 0.5) is 11.4 Å². The molecule has 2 bridgehead atoms. The largest absolute Gasteiger partial charge is 0.360 e. The number of hydrogen-bond acceptors (Lipinski definition) is 4. The van der Waals surface area contributed by atoms with Crippen LogP contribution < -0.4 is 15.5 Å². The van der Waals surface area contributed by atoms with Crippen molar-refractivity contribution >= 4 is 56.4 Å². The summed E-state index contributed by atoms with van der Waals surface area (Å²) in [5.74, 6) is -1.50. The van der Waals surface area contributed by atoms with Gasteiger partial charge in [0.15, 0.2) is 5.11 Å². The molecule has 0 saturated carbocycles. The first kappa shape index (κ1) is 20.4. The molecule has 0 radical (unpaired) electrons. The summed E-state index contributed by atoms with van der Waals surface area (Å²) in [4.78, 5) is 27.8. The number of carbonyl (C=O) groups is 2. The standard InChI is InChI=1S/C23H20BrN3O3S/c1-13-2-8-16(9-3-13)27-20(28)18-17-10-11-23(30-17,19(18)21(27)29)12-25-22(31)26-15-6-4-14(24)5-7-15/h2-11,17-19H,12H2,1H3,(H2,25,26,31). The summed E-state index contributed by atoms with van der Waals surface area (Å²) in [5, 5.41) is 6.72. The Morgan fingerprint density at radius 2 is 1.84 bits per heavy atom. The maximum Gasteiger partial charge on any atom is 0.241 e. The molecule has 2 aromatic carbocycles. The van der Waals surface area contributed by atoms with Crippen molar-refractivity contribution in [2.45, 2.75) is 18.6 Å². The summed E-state index contributed by atoms with van der Waals surface area (Å²) >= 11 is 8.83. The van der Waals surface area contributed by atoms with Crippen molar-refractivity contribution in [3.63, 3.8) is 0 Å². The molecule has 3 aliphatic heterocycles. The average molecular weight is 498 g/mol. The lowest BCUT2D eigenvalue weighted by Crippen LogP contribution is -2.49. The van der Waals surface area contributed by atoms with Gasteiger partial charge in [-0.1, -0.05) is 45.8 Å². The zero-order chi connectivity index (χ0) is 21.8. The number of hydrogen-bond donors (Lipinski definition) is 2. The van der Waals surface area contributed by atoms with Gasteiger partial charge in [0.1, 0.15) is 5.60 Å². The second-order valence-electron chi connectivity index (χ2n) is 8.06. The van der Waals surface area contributed by atoms with Gasteiger partial charge in [0.25, 0.3) is 0 Å². The number of ether oxygens (including phenoxy) is 1. The van der Waals surface area contributed by atoms with Crippen LogP contribution in [0, 0.1) is 18.8 Å². The zero-order valence-corrected chi connectivity index (χ0v) is 19.1. The van der Waals surface area contributed by atoms with Crippen molar-refractivity contribution in [2.75, 3.05) is 16.8 Å². The molecule has 3 heterocycles. The average Bonchev–Trinajstić information content (AvgIpc) is 3.40. The van der Waals surface area contributed by atoms with Crippen molar-refractivity contribution in [2.24, 2.45) is 11.8 Å². The first-order valence-corrected chi connectivity index (χ1v) is 11.2. The molecule has 8 heteroatoms. The SMILES string of the molecule is Cc1ccc(N2C(=O)C3C4C=CC(CNC(=S)Nc5ccc(Br)cc5)(O4)C3C2=O)cc1. The molecule has 5 rings (SSSR count). The van der Waals surface area contributed by atoms with E-state index in [2.05, 4.69) is 26.6 Å². The fourth-order valence-corrected chi connectivity index (χ4v) is 5.04. The van der Waals surface area contributed by atoms with Gasteiger partial charge in [-0.25, -0.2) is 4.90 Å². The Balaban J connectivity index is 1.33. The van der Waals surface area contributed by atoms with Crippen molar-refractivity contribution in [1.82, 2.24) is 5.32 Å². The molecule has 4 unspecified atom stereocenters. The lowest BCUT2D eigenvalue weighted by Gasteiger charge is -2.29. The third-order valence-electron chi connectivity index (χ3n) is 6.07. The first-order chi connectivity index (χ1) is 14.9. The summed E-state index contributed by atoms with van der Waals surface area (Å²) in [7, 11) is 0. The molecule has 0 spiro atoms. The van der Waals surface area contributed by atoms with E-state index in [0.29, 0.717) is 17.3 Å². The molecule has 2 amide bonds. The van der Waals surface area contributed by atoms with Gasteiger partial charge in [-0.15, -0.1) is 0 Å². The highest BCUT2D eigenvalue weighted by Crippen LogP contribution is 2.52. The van der Waals surface area contributed by atoms with Gasteiger partial charge in [0.05, 0.1) is 30.2 Å². The number of imide groups is 1. The summed E-state index contributed by atoms with van der Waals surface area (Å²) in [6, 6.07) is 15.1. The Hall–Kier alpha value is -2.55. The molecule has 3 aliphatic rings. The van der Waals surface area contributed by atoms with E-state index in [0.717, 1.165) is 15.7 Å². The Morgan fingerprint density at radius 1 is 1.13 bits per heavy atom. The molecule has 2 aromatic rings. The van der Waals surface area contributed by atoms with E-state index in [4.69, 9.17) is 17.0 Å². The molecule has 0 aliphatic carbocycles. The summed E-state index contributed by atoms with van der Waals surface area (Å²) < 4.78 is 7.13. The van der Waals surface area contributed by atoms with Crippen LogP contribution in [0.15, 0.2) is 65.2 Å². The fourth-order valence-electron chi connectivity index (χ4n) is 4.58. The smallest absolute Gasteiger partial charge is 0.241 e. The highest BCUT2D eigenvalue weighted by atomic mass is 79.9. The molecular weight excluding hydrogens is 478 g/mol. The number of halogens is 1. The molecule has 2 saturated heterocycles. The molecule has 0 aromatic heterocycles. The maximum atomic E-state index is 13.4. The van der Waals surface area contributed by atoms with E-state index < -0.39 is 23.5 Å². The zero-order valence-electron chi connectivity index (χ0n) is 16.7. The summed E-state index contributed by atoms with van der Waals surface area (Å²) in [5.41, 5.74) is 1.62. The minimum atomic E-state index is -0.896. The van der Waals surface area contributed by atoms with E-state index in [1.807, 2.05) is 67.6 Å². The van der Waals surface area contributed by atoms with E-state index >= 15 is 0 Å². The fraction of sp³-hybridized carbons (Fsp3) is 0.261. The normalized spacial score (nSPS) is 28.2. The highest BCUT2D eigenvalue weighted by molar-refractivity contribution is 9.10. The van der Waals surface area contributed by atoms with E-state index in [1.54, 1.807) is 0 Å². The first-order valence-electron chi connectivity index (χ1n) is 10.00. The van der Waals surface area contributed by atoms with Crippen LogP contribution in [0.2, 0.25) is 0 Å². The summed E-state index contributed by atoms with van der Waals surface area (Å²) in [6.07, 6.45) is 3.39. The third-order valence-corrected chi connectivity index (χ3v) is 6.85. The predicted octanol–water partition coefficient (Wildman–Crippen LogP) is 3.56. The highest BCUT2D eigenvalue weighted by Gasteiger charge is 2.67. The van der Waals surface area contributed by atoms with Gasteiger partial charge in [-0.3, -0.25) is 9.59 Å². The summed E-state index contributed by atoms with van der Waals surface area (Å²) in [6.45, 7) is 2.26. The molecule has 2 fully saturated rings. The Bertz CT molecular complexity index is 1100.